The average Bonchev–Trinajstić information content (AvgIpc) is 2.82. The van der Waals surface area contributed by atoms with E-state index in [-0.39, 0.29) is 30.5 Å². The molecule has 1 aliphatic rings. The highest BCUT2D eigenvalue weighted by Crippen LogP contribution is 2.26. The van der Waals surface area contributed by atoms with Crippen molar-refractivity contribution in [2.45, 2.75) is 18.4 Å². The lowest BCUT2D eigenvalue weighted by Gasteiger charge is -2.12. The molecule has 0 radical (unpaired) electrons. The van der Waals surface area contributed by atoms with Crippen molar-refractivity contribution in [2.24, 2.45) is 0 Å². The fourth-order valence-corrected chi connectivity index (χ4v) is 2.06. The Morgan fingerprint density at radius 3 is 2.74 bits per heavy atom. The lowest BCUT2D eigenvalue weighted by atomic mass is 10.2. The number of hydrogen-bond acceptors (Lipinski definition) is 4. The highest BCUT2D eigenvalue weighted by Gasteiger charge is 2.42. The van der Waals surface area contributed by atoms with E-state index < -0.39 is 36.7 Å². The van der Waals surface area contributed by atoms with Gasteiger partial charge in [-0.05, 0) is 12.1 Å². The number of alkyl halides is 2. The summed E-state index contributed by atoms with van der Waals surface area (Å²) in [5, 5.41) is 4.83. The van der Waals surface area contributed by atoms with Crippen LogP contribution in [0.1, 0.15) is 6.42 Å². The van der Waals surface area contributed by atoms with E-state index in [4.69, 9.17) is 9.47 Å². The van der Waals surface area contributed by atoms with Crippen molar-refractivity contribution >= 4 is 24.0 Å². The summed E-state index contributed by atoms with van der Waals surface area (Å²) in [6, 6.07) is 2.89. The Morgan fingerprint density at radius 1 is 1.43 bits per heavy atom. The first-order chi connectivity index (χ1) is 10.4. The van der Waals surface area contributed by atoms with E-state index in [1.54, 1.807) is 0 Å². The minimum absolute atomic E-state index is 0. The van der Waals surface area contributed by atoms with Gasteiger partial charge in [0.2, 0.25) is 5.91 Å². The summed E-state index contributed by atoms with van der Waals surface area (Å²) in [6.07, 6.45) is -0.570. The molecule has 1 aromatic carbocycles. The second-order valence-corrected chi connectivity index (χ2v) is 4.97. The Morgan fingerprint density at radius 2 is 2.17 bits per heavy atom. The molecule has 1 heterocycles. The van der Waals surface area contributed by atoms with Crippen LogP contribution >= 0.6 is 12.4 Å². The van der Waals surface area contributed by atoms with Crippen LogP contribution in [-0.4, -0.2) is 44.7 Å². The number of nitrogens with one attached hydrogen (secondary N) is 2. The average molecular weight is 355 g/mol. The molecule has 0 aliphatic carbocycles. The maximum atomic E-state index is 13.8. The molecule has 0 aromatic heterocycles. The van der Waals surface area contributed by atoms with Gasteiger partial charge in [0, 0.05) is 25.3 Å². The van der Waals surface area contributed by atoms with Crippen LogP contribution in [0.25, 0.3) is 0 Å². The van der Waals surface area contributed by atoms with Gasteiger partial charge in [0.1, 0.15) is 6.61 Å². The molecule has 1 fully saturated rings. The summed E-state index contributed by atoms with van der Waals surface area (Å²) < 4.78 is 49.8. The van der Waals surface area contributed by atoms with E-state index in [1.807, 2.05) is 0 Å². The predicted octanol–water partition coefficient (Wildman–Crippen LogP) is 2.21. The van der Waals surface area contributed by atoms with Gasteiger partial charge >= 0.3 is 0 Å². The fraction of sp³-hybridized carbons (Fsp3) is 0.500. The number of halogens is 4. The molecule has 1 atom stereocenters. The molecular weight excluding hydrogens is 337 g/mol. The zero-order valence-electron chi connectivity index (χ0n) is 12.4. The van der Waals surface area contributed by atoms with Crippen LogP contribution in [-0.2, 0) is 9.53 Å². The number of carbonyl (C=O) groups excluding carboxylic acids is 1. The van der Waals surface area contributed by atoms with E-state index in [0.717, 1.165) is 6.07 Å². The van der Waals surface area contributed by atoms with Gasteiger partial charge in [0.15, 0.2) is 11.6 Å². The molecule has 2 rings (SSSR count). The van der Waals surface area contributed by atoms with E-state index in [0.29, 0.717) is 6.61 Å². The second-order valence-electron chi connectivity index (χ2n) is 4.97. The molecule has 1 amide bonds. The number of hydrogen-bond donors (Lipinski definition) is 2. The maximum Gasteiger partial charge on any atom is 0.262 e. The fourth-order valence-electron chi connectivity index (χ4n) is 2.06. The standard InChI is InChI=1S/C14H17F3N2O3.ClH/c1-21-4-5-22-12-3-2-9(6-10(12)15)19-13(20)11-7-14(16,17)8-18-11;/h2-3,6,11,18H,4-5,7-8H2,1H3,(H,19,20);1H. The van der Waals surface area contributed by atoms with Gasteiger partial charge < -0.3 is 14.8 Å². The van der Waals surface area contributed by atoms with Crippen LogP contribution < -0.4 is 15.4 Å². The SMILES string of the molecule is COCCOc1ccc(NC(=O)C2CC(F)(F)CN2)cc1F.Cl. The van der Waals surface area contributed by atoms with Crippen LogP contribution in [0.2, 0.25) is 0 Å². The molecule has 1 unspecified atom stereocenters. The normalized spacial score (nSPS) is 19.0. The Kier molecular flexibility index (Phi) is 7.11. The van der Waals surface area contributed by atoms with E-state index >= 15 is 0 Å². The zero-order chi connectivity index (χ0) is 16.2. The number of anilines is 1. The molecule has 5 nitrogen and oxygen atoms in total. The minimum atomic E-state index is -2.90. The Balaban J connectivity index is 0.00000264. The van der Waals surface area contributed by atoms with Crippen LogP contribution in [0.3, 0.4) is 0 Å². The molecule has 0 spiro atoms. The van der Waals surface area contributed by atoms with Crippen molar-refractivity contribution in [1.82, 2.24) is 5.32 Å². The van der Waals surface area contributed by atoms with Crippen LogP contribution in [0.4, 0.5) is 18.9 Å². The van der Waals surface area contributed by atoms with Crippen LogP contribution in [0, 0.1) is 5.82 Å². The number of ether oxygens (including phenoxy) is 2. The summed E-state index contributed by atoms with van der Waals surface area (Å²) in [6.45, 7) is -0.0224. The lowest BCUT2D eigenvalue weighted by Crippen LogP contribution is -2.35. The van der Waals surface area contributed by atoms with E-state index in [2.05, 4.69) is 10.6 Å². The smallest absolute Gasteiger partial charge is 0.262 e. The van der Waals surface area contributed by atoms with Crippen molar-refractivity contribution in [3.05, 3.63) is 24.0 Å². The van der Waals surface area contributed by atoms with Gasteiger partial charge in [0.05, 0.1) is 19.2 Å². The third kappa shape index (κ3) is 5.56. The van der Waals surface area contributed by atoms with Gasteiger partial charge in [-0.25, -0.2) is 13.2 Å². The van der Waals surface area contributed by atoms with Crippen LogP contribution in [0.15, 0.2) is 18.2 Å². The minimum Gasteiger partial charge on any atom is -0.488 e. The van der Waals surface area contributed by atoms with Gasteiger partial charge in [-0.3, -0.25) is 10.1 Å². The van der Waals surface area contributed by atoms with Gasteiger partial charge in [-0.2, -0.15) is 0 Å². The molecule has 9 heteroatoms. The lowest BCUT2D eigenvalue weighted by molar-refractivity contribution is -0.118. The largest absolute Gasteiger partial charge is 0.488 e. The third-order valence-electron chi connectivity index (χ3n) is 3.17. The second kappa shape index (κ2) is 8.37. The molecule has 2 N–H and O–H groups in total. The highest BCUT2D eigenvalue weighted by molar-refractivity contribution is 5.95. The number of benzene rings is 1. The zero-order valence-corrected chi connectivity index (χ0v) is 13.2. The quantitative estimate of drug-likeness (QED) is 0.769. The Hall–Kier alpha value is -1.51. The molecule has 0 saturated carbocycles. The van der Waals surface area contributed by atoms with Crippen LogP contribution in [0.5, 0.6) is 5.75 Å². The first-order valence-electron chi connectivity index (χ1n) is 6.75. The van der Waals surface area contributed by atoms with Gasteiger partial charge in [-0.15, -0.1) is 12.4 Å². The number of rotatable bonds is 6. The highest BCUT2D eigenvalue weighted by atomic mass is 35.5. The van der Waals surface area contributed by atoms with Crippen molar-refractivity contribution in [2.75, 3.05) is 32.2 Å². The molecule has 130 valence electrons. The first-order valence-corrected chi connectivity index (χ1v) is 6.75. The number of carbonyl (C=O) groups is 1. The monoisotopic (exact) mass is 354 g/mol. The summed E-state index contributed by atoms with van der Waals surface area (Å²) in [5.74, 6) is -4.14. The van der Waals surface area contributed by atoms with Crippen molar-refractivity contribution < 1.29 is 27.4 Å². The van der Waals surface area contributed by atoms with Crippen molar-refractivity contribution in [3.8, 4) is 5.75 Å². The molecule has 23 heavy (non-hydrogen) atoms. The molecule has 1 aliphatic heterocycles. The topological polar surface area (TPSA) is 59.6 Å². The number of methoxy groups -OCH3 is 1. The summed E-state index contributed by atoms with van der Waals surface area (Å²) in [4.78, 5) is 11.8. The molecule has 1 saturated heterocycles. The Labute approximate surface area is 137 Å². The number of amides is 1. The van der Waals surface area contributed by atoms with Crippen molar-refractivity contribution in [1.29, 1.82) is 0 Å². The van der Waals surface area contributed by atoms with E-state index in [1.165, 1.54) is 19.2 Å². The van der Waals surface area contributed by atoms with Crippen molar-refractivity contribution in [3.63, 3.8) is 0 Å². The molecular formula is C14H18ClF3N2O3. The summed E-state index contributed by atoms with van der Waals surface area (Å²) in [7, 11) is 1.50. The van der Waals surface area contributed by atoms with Gasteiger partial charge in [-0.1, -0.05) is 0 Å². The summed E-state index contributed by atoms with van der Waals surface area (Å²) in [5.41, 5.74) is 0.179. The van der Waals surface area contributed by atoms with E-state index in [9.17, 15) is 18.0 Å². The first kappa shape index (κ1) is 19.5. The molecule has 0 bridgehead atoms. The third-order valence-corrected chi connectivity index (χ3v) is 3.17. The maximum absolute atomic E-state index is 13.8. The Bertz CT molecular complexity index is 546. The summed E-state index contributed by atoms with van der Waals surface area (Å²) >= 11 is 0. The van der Waals surface area contributed by atoms with Gasteiger partial charge in [0.25, 0.3) is 5.92 Å². The predicted molar refractivity (Wildman–Crippen MR) is 81.0 cm³/mol. The molecule has 1 aromatic rings.